The first-order valence-corrected chi connectivity index (χ1v) is 5.54. The summed E-state index contributed by atoms with van der Waals surface area (Å²) in [5.41, 5.74) is -1.06. The number of nitrogens with zero attached hydrogens (tertiary/aromatic N) is 3. The van der Waals surface area contributed by atoms with Gasteiger partial charge in [0.2, 0.25) is 0 Å². The molecule has 1 aromatic carbocycles. The monoisotopic (exact) mass is 285 g/mol. The largest absolute Gasteiger partial charge is 0.485 e. The van der Waals surface area contributed by atoms with Crippen molar-refractivity contribution in [3.05, 3.63) is 41.5 Å². The summed E-state index contributed by atoms with van der Waals surface area (Å²) in [5.74, 6) is 0.0312. The van der Waals surface area contributed by atoms with E-state index in [-0.39, 0.29) is 17.9 Å². The van der Waals surface area contributed by atoms with E-state index in [4.69, 9.17) is 4.74 Å². The van der Waals surface area contributed by atoms with Gasteiger partial charge in [-0.05, 0) is 18.2 Å². The third kappa shape index (κ3) is 2.95. The lowest BCUT2D eigenvalue weighted by Crippen LogP contribution is -2.11. The molecular weight excluding hydrogens is 275 g/mol. The number of rotatable bonds is 4. The van der Waals surface area contributed by atoms with E-state index >= 15 is 0 Å². The van der Waals surface area contributed by atoms with Crippen molar-refractivity contribution in [1.82, 2.24) is 14.8 Å². The highest BCUT2D eigenvalue weighted by Gasteiger charge is 2.34. The predicted octanol–water partition coefficient (Wildman–Crippen LogP) is 2.23. The summed E-state index contributed by atoms with van der Waals surface area (Å²) in [4.78, 5) is 10.6. The summed E-state index contributed by atoms with van der Waals surface area (Å²) in [5, 5.41) is 7.30. The molecule has 2 rings (SSSR count). The molecule has 0 amide bonds. The zero-order valence-corrected chi connectivity index (χ0v) is 10.4. The molecule has 0 saturated carbocycles. The molecule has 8 heteroatoms. The molecule has 0 bridgehead atoms. The maximum Gasteiger partial charge on any atom is 0.419 e. The zero-order chi connectivity index (χ0) is 14.8. The van der Waals surface area contributed by atoms with Gasteiger partial charge in [-0.1, -0.05) is 0 Å². The Labute approximate surface area is 112 Å². The van der Waals surface area contributed by atoms with Gasteiger partial charge in [0, 0.05) is 12.6 Å². The molecule has 0 aliphatic rings. The van der Waals surface area contributed by atoms with Gasteiger partial charge in [0.15, 0.2) is 5.82 Å². The Morgan fingerprint density at radius 1 is 1.40 bits per heavy atom. The maximum absolute atomic E-state index is 12.9. The first-order chi connectivity index (χ1) is 9.41. The number of ether oxygens (including phenoxy) is 1. The molecule has 0 fully saturated rings. The van der Waals surface area contributed by atoms with Crippen LogP contribution in [0, 0.1) is 0 Å². The number of hydrogen-bond donors (Lipinski definition) is 0. The van der Waals surface area contributed by atoms with Gasteiger partial charge in [0.25, 0.3) is 0 Å². The number of aldehydes is 1. The molecule has 0 radical (unpaired) electrons. The summed E-state index contributed by atoms with van der Waals surface area (Å²) in [6.45, 7) is -0.153. The average Bonchev–Trinajstić information content (AvgIpc) is 2.80. The van der Waals surface area contributed by atoms with E-state index in [1.54, 1.807) is 7.05 Å². The van der Waals surface area contributed by atoms with Crippen LogP contribution in [0.25, 0.3) is 0 Å². The van der Waals surface area contributed by atoms with Gasteiger partial charge in [-0.25, -0.2) is 0 Å². The van der Waals surface area contributed by atoms with Crippen LogP contribution in [0.5, 0.6) is 5.75 Å². The molecule has 5 nitrogen and oxygen atoms in total. The van der Waals surface area contributed by atoms with Crippen LogP contribution < -0.4 is 4.74 Å². The van der Waals surface area contributed by atoms with Crippen molar-refractivity contribution in [1.29, 1.82) is 0 Å². The second kappa shape index (κ2) is 5.32. The Bertz CT molecular complexity index is 623. The fraction of sp³-hybridized carbons (Fsp3) is 0.250. The van der Waals surface area contributed by atoms with Crippen LogP contribution >= 0.6 is 0 Å². The molecule has 1 heterocycles. The highest BCUT2D eigenvalue weighted by Crippen LogP contribution is 2.36. The molecule has 0 atom stereocenters. The van der Waals surface area contributed by atoms with Crippen LogP contribution in [-0.2, 0) is 19.8 Å². The third-order valence-electron chi connectivity index (χ3n) is 2.61. The second-order valence-electron chi connectivity index (χ2n) is 4.02. The van der Waals surface area contributed by atoms with Crippen molar-refractivity contribution in [3.63, 3.8) is 0 Å². The topological polar surface area (TPSA) is 57.0 Å². The molecule has 0 unspecified atom stereocenters. The number of carbonyl (C=O) groups excluding carboxylic acids is 1. The van der Waals surface area contributed by atoms with Crippen molar-refractivity contribution in [3.8, 4) is 5.75 Å². The van der Waals surface area contributed by atoms with Gasteiger partial charge in [0.1, 0.15) is 25.0 Å². The Balaban J connectivity index is 2.27. The third-order valence-corrected chi connectivity index (χ3v) is 2.61. The smallest absolute Gasteiger partial charge is 0.419 e. The second-order valence-corrected chi connectivity index (χ2v) is 4.02. The fourth-order valence-electron chi connectivity index (χ4n) is 1.55. The minimum absolute atomic E-state index is 0.0664. The first kappa shape index (κ1) is 14.0. The van der Waals surface area contributed by atoms with Crippen molar-refractivity contribution in [2.24, 2.45) is 7.05 Å². The van der Waals surface area contributed by atoms with Crippen LogP contribution in [0.1, 0.15) is 21.7 Å². The quantitative estimate of drug-likeness (QED) is 0.808. The molecule has 2 aromatic rings. The highest BCUT2D eigenvalue weighted by molar-refractivity contribution is 5.75. The van der Waals surface area contributed by atoms with Crippen molar-refractivity contribution in [2.75, 3.05) is 0 Å². The average molecular weight is 285 g/mol. The molecule has 20 heavy (non-hydrogen) atoms. The van der Waals surface area contributed by atoms with Gasteiger partial charge in [-0.15, -0.1) is 10.2 Å². The van der Waals surface area contributed by atoms with E-state index in [1.807, 2.05) is 0 Å². The summed E-state index contributed by atoms with van der Waals surface area (Å²) in [7, 11) is 1.65. The number of halogens is 3. The van der Waals surface area contributed by atoms with E-state index in [9.17, 15) is 18.0 Å². The Hall–Kier alpha value is -2.38. The lowest BCUT2D eigenvalue weighted by atomic mass is 10.1. The van der Waals surface area contributed by atoms with E-state index < -0.39 is 11.7 Å². The van der Waals surface area contributed by atoms with E-state index in [1.165, 1.54) is 17.0 Å². The van der Waals surface area contributed by atoms with Gasteiger partial charge in [0.05, 0.1) is 5.56 Å². The van der Waals surface area contributed by atoms with Crippen LogP contribution in [0.4, 0.5) is 13.2 Å². The van der Waals surface area contributed by atoms with E-state index in [2.05, 4.69) is 10.2 Å². The number of hydrogen-bond acceptors (Lipinski definition) is 4. The van der Waals surface area contributed by atoms with Crippen molar-refractivity contribution < 1.29 is 22.7 Å². The number of carbonyl (C=O) groups is 1. The van der Waals surface area contributed by atoms with E-state index in [0.29, 0.717) is 12.1 Å². The first-order valence-electron chi connectivity index (χ1n) is 5.54. The summed E-state index contributed by atoms with van der Waals surface area (Å²) < 4.78 is 45.3. The normalized spacial score (nSPS) is 11.4. The van der Waals surface area contributed by atoms with Crippen LogP contribution in [-0.4, -0.2) is 21.1 Å². The molecule has 0 aliphatic carbocycles. The Morgan fingerprint density at radius 2 is 2.15 bits per heavy atom. The fourth-order valence-corrected chi connectivity index (χ4v) is 1.55. The summed E-state index contributed by atoms with van der Waals surface area (Å²) in [6, 6.07) is 3.12. The van der Waals surface area contributed by atoms with Crippen LogP contribution in [0.3, 0.4) is 0 Å². The molecule has 0 saturated heterocycles. The van der Waals surface area contributed by atoms with Crippen LogP contribution in [0.15, 0.2) is 24.5 Å². The summed E-state index contributed by atoms with van der Waals surface area (Å²) in [6.07, 6.45) is -2.84. The zero-order valence-electron chi connectivity index (χ0n) is 10.4. The Kier molecular flexibility index (Phi) is 3.73. The molecule has 0 spiro atoms. The predicted molar refractivity (Wildman–Crippen MR) is 62.2 cm³/mol. The van der Waals surface area contributed by atoms with Crippen molar-refractivity contribution in [2.45, 2.75) is 12.8 Å². The number of aryl methyl sites for hydroxylation is 1. The van der Waals surface area contributed by atoms with Crippen molar-refractivity contribution >= 4 is 6.29 Å². The molecular formula is C12H10F3N3O2. The van der Waals surface area contributed by atoms with E-state index in [0.717, 1.165) is 12.1 Å². The minimum atomic E-state index is -4.60. The Morgan fingerprint density at radius 3 is 2.70 bits per heavy atom. The van der Waals surface area contributed by atoms with Gasteiger partial charge < -0.3 is 9.30 Å². The molecule has 1 aromatic heterocycles. The number of aromatic nitrogens is 3. The molecule has 0 N–H and O–H groups in total. The number of alkyl halides is 3. The van der Waals surface area contributed by atoms with Crippen LogP contribution in [0.2, 0.25) is 0 Å². The van der Waals surface area contributed by atoms with Gasteiger partial charge in [-0.3, -0.25) is 4.79 Å². The van der Waals surface area contributed by atoms with Gasteiger partial charge >= 0.3 is 6.18 Å². The minimum Gasteiger partial charge on any atom is -0.485 e. The molecule has 106 valence electrons. The highest BCUT2D eigenvalue weighted by atomic mass is 19.4. The lowest BCUT2D eigenvalue weighted by molar-refractivity contribution is -0.139. The van der Waals surface area contributed by atoms with Gasteiger partial charge in [-0.2, -0.15) is 13.2 Å². The standard InChI is InChI=1S/C12H10F3N3O2/c1-18-7-16-17-11(18)6-20-10-3-2-8(5-19)4-9(10)12(13,14)15/h2-5,7H,6H2,1H3. The lowest BCUT2D eigenvalue weighted by Gasteiger charge is -2.14. The number of benzene rings is 1. The molecule has 0 aliphatic heterocycles. The maximum atomic E-state index is 12.9. The SMILES string of the molecule is Cn1cnnc1COc1ccc(C=O)cc1C(F)(F)F. The summed E-state index contributed by atoms with van der Waals surface area (Å²) >= 11 is 0.